The monoisotopic (exact) mass is 207 g/mol. The Morgan fingerprint density at radius 3 is 3.00 bits per heavy atom. The van der Waals surface area contributed by atoms with Crippen LogP contribution in [0.2, 0.25) is 0 Å². The molecule has 2 aromatic rings. The van der Waals surface area contributed by atoms with Crippen LogP contribution in [0.15, 0.2) is 16.9 Å². The van der Waals surface area contributed by atoms with E-state index in [1.807, 2.05) is 0 Å². The van der Waals surface area contributed by atoms with Crippen LogP contribution in [0.3, 0.4) is 0 Å². The van der Waals surface area contributed by atoms with E-state index in [1.165, 1.54) is 10.6 Å². The third-order valence-electron chi connectivity index (χ3n) is 2.09. The van der Waals surface area contributed by atoms with Gasteiger partial charge in [0.25, 0.3) is 5.56 Å². The maximum absolute atomic E-state index is 11.0. The predicted octanol–water partition coefficient (Wildman–Crippen LogP) is -0.0419. The number of carbonyl (C=O) groups is 1. The van der Waals surface area contributed by atoms with Crippen LogP contribution in [0.5, 0.6) is 0 Å². The quantitative estimate of drug-likeness (QED) is 0.723. The first-order valence-electron chi connectivity index (χ1n) is 4.37. The molecule has 78 valence electrons. The molecule has 0 saturated carbocycles. The molecule has 0 aromatic carbocycles. The van der Waals surface area contributed by atoms with E-state index in [0.29, 0.717) is 17.0 Å². The largest absolute Gasteiger partial charge is 0.481 e. The minimum absolute atomic E-state index is 0.149. The van der Waals surface area contributed by atoms with Crippen LogP contribution in [0.4, 0.5) is 0 Å². The Hall–Kier alpha value is -2.11. The first-order chi connectivity index (χ1) is 7.08. The number of nitrogens with zero attached hydrogens (tertiary/aromatic N) is 2. The number of aliphatic carboxylic acids is 1. The van der Waals surface area contributed by atoms with Crippen LogP contribution >= 0.6 is 0 Å². The van der Waals surface area contributed by atoms with Crippen molar-refractivity contribution >= 4 is 11.5 Å². The highest BCUT2D eigenvalue weighted by Crippen LogP contribution is 2.10. The summed E-state index contributed by atoms with van der Waals surface area (Å²) >= 11 is 0. The predicted molar refractivity (Wildman–Crippen MR) is 51.9 cm³/mol. The third-order valence-corrected chi connectivity index (χ3v) is 2.09. The third kappa shape index (κ3) is 1.61. The molecule has 0 aliphatic heterocycles. The van der Waals surface area contributed by atoms with E-state index in [1.54, 1.807) is 13.0 Å². The van der Waals surface area contributed by atoms with E-state index in [0.717, 1.165) is 0 Å². The molecule has 15 heavy (non-hydrogen) atoms. The Morgan fingerprint density at radius 2 is 2.33 bits per heavy atom. The number of fused-ring (bicyclic) bond motifs is 1. The highest BCUT2D eigenvalue weighted by atomic mass is 16.4. The van der Waals surface area contributed by atoms with Crippen LogP contribution in [0.1, 0.15) is 11.5 Å². The zero-order valence-electron chi connectivity index (χ0n) is 8.02. The summed E-state index contributed by atoms with van der Waals surface area (Å²) in [4.78, 5) is 25.7. The van der Waals surface area contributed by atoms with Crippen molar-refractivity contribution in [2.75, 3.05) is 0 Å². The molecule has 0 unspecified atom stereocenters. The number of H-pyrrole nitrogens is 1. The van der Waals surface area contributed by atoms with Gasteiger partial charge in [0, 0.05) is 6.07 Å². The fraction of sp³-hybridized carbons (Fsp3) is 0.222. The normalized spacial score (nSPS) is 10.7. The van der Waals surface area contributed by atoms with Gasteiger partial charge < -0.3 is 5.11 Å². The van der Waals surface area contributed by atoms with Gasteiger partial charge in [-0.05, 0) is 13.0 Å². The van der Waals surface area contributed by atoms with E-state index in [4.69, 9.17) is 5.11 Å². The lowest BCUT2D eigenvalue weighted by atomic mass is 10.3. The topological polar surface area (TPSA) is 87.5 Å². The summed E-state index contributed by atoms with van der Waals surface area (Å²) < 4.78 is 1.49. The van der Waals surface area contributed by atoms with E-state index in [9.17, 15) is 9.59 Å². The second-order valence-electron chi connectivity index (χ2n) is 3.21. The number of rotatable bonds is 2. The summed E-state index contributed by atoms with van der Waals surface area (Å²) in [6.07, 6.45) is -0.149. The van der Waals surface area contributed by atoms with Crippen molar-refractivity contribution in [1.29, 1.82) is 0 Å². The Bertz CT molecular complexity index is 582. The molecular formula is C9H9N3O3. The average Bonchev–Trinajstić information content (AvgIpc) is 2.42. The Balaban J connectivity index is 2.67. The molecule has 2 aromatic heterocycles. The second kappa shape index (κ2) is 3.23. The molecule has 0 aliphatic carbocycles. The molecule has 0 spiro atoms. The lowest BCUT2D eigenvalue weighted by Crippen LogP contribution is -2.10. The lowest BCUT2D eigenvalue weighted by Gasteiger charge is -1.95. The van der Waals surface area contributed by atoms with Gasteiger partial charge in [0.05, 0.1) is 17.6 Å². The van der Waals surface area contributed by atoms with Crippen molar-refractivity contribution in [2.45, 2.75) is 13.3 Å². The van der Waals surface area contributed by atoms with Crippen LogP contribution < -0.4 is 5.56 Å². The Labute approximate surface area is 84.2 Å². The number of aromatic nitrogens is 3. The molecule has 0 fully saturated rings. The molecule has 6 nitrogen and oxygen atoms in total. The van der Waals surface area contributed by atoms with Crippen LogP contribution in [0.25, 0.3) is 5.52 Å². The smallest absolute Gasteiger partial charge is 0.309 e. The average molecular weight is 207 g/mol. The molecule has 6 heteroatoms. The Kier molecular flexibility index (Phi) is 2.03. The molecule has 0 atom stereocenters. The summed E-state index contributed by atoms with van der Waals surface area (Å²) in [5, 5.41) is 11.2. The standard InChI is InChI=1S/C9H9N3O3/c1-5-10-6(4-9(14)15)7-2-3-8(13)11-12(5)7/h2-3H,4H2,1H3,(H,11,13)(H,14,15). The summed E-state index contributed by atoms with van der Waals surface area (Å²) in [7, 11) is 0. The number of hydrogen-bond acceptors (Lipinski definition) is 3. The number of carboxylic acid groups (broad SMARTS) is 1. The van der Waals surface area contributed by atoms with Crippen LogP contribution in [0, 0.1) is 6.92 Å². The van der Waals surface area contributed by atoms with Crippen molar-refractivity contribution in [1.82, 2.24) is 14.6 Å². The maximum atomic E-state index is 11.0. The molecule has 0 amide bonds. The highest BCUT2D eigenvalue weighted by Gasteiger charge is 2.11. The molecule has 2 heterocycles. The number of imidazole rings is 1. The van der Waals surface area contributed by atoms with Gasteiger partial charge in [0.15, 0.2) is 0 Å². The number of carboxylic acids is 1. The first kappa shape index (κ1) is 9.45. The van der Waals surface area contributed by atoms with Crippen LogP contribution in [-0.4, -0.2) is 25.7 Å². The van der Waals surface area contributed by atoms with Gasteiger partial charge in [-0.15, -0.1) is 0 Å². The molecular weight excluding hydrogens is 198 g/mol. The summed E-state index contributed by atoms with van der Waals surface area (Å²) in [6, 6.07) is 2.92. The van der Waals surface area contributed by atoms with Crippen molar-refractivity contribution < 1.29 is 9.90 Å². The van der Waals surface area contributed by atoms with Gasteiger partial charge in [0.2, 0.25) is 0 Å². The van der Waals surface area contributed by atoms with E-state index in [2.05, 4.69) is 10.1 Å². The highest BCUT2D eigenvalue weighted by molar-refractivity contribution is 5.73. The fourth-order valence-corrected chi connectivity index (χ4v) is 1.49. The summed E-state index contributed by atoms with van der Waals surface area (Å²) in [5.74, 6) is -0.375. The van der Waals surface area contributed by atoms with Crippen molar-refractivity contribution in [3.8, 4) is 0 Å². The molecule has 2 N–H and O–H groups in total. The molecule has 0 saturated heterocycles. The minimum Gasteiger partial charge on any atom is -0.481 e. The Morgan fingerprint density at radius 1 is 1.60 bits per heavy atom. The van der Waals surface area contributed by atoms with Gasteiger partial charge in [-0.2, -0.15) is 0 Å². The molecule has 0 bridgehead atoms. The zero-order valence-corrected chi connectivity index (χ0v) is 8.02. The van der Waals surface area contributed by atoms with E-state index in [-0.39, 0.29) is 12.0 Å². The minimum atomic E-state index is -0.943. The number of aromatic amines is 1. The number of hydrogen-bond donors (Lipinski definition) is 2. The van der Waals surface area contributed by atoms with Gasteiger partial charge in [-0.3, -0.25) is 14.7 Å². The maximum Gasteiger partial charge on any atom is 0.309 e. The first-order valence-corrected chi connectivity index (χ1v) is 4.37. The molecule has 0 radical (unpaired) electrons. The van der Waals surface area contributed by atoms with Gasteiger partial charge in [-0.1, -0.05) is 0 Å². The molecule has 0 aliphatic rings. The second-order valence-corrected chi connectivity index (χ2v) is 3.21. The van der Waals surface area contributed by atoms with Crippen LogP contribution in [-0.2, 0) is 11.2 Å². The van der Waals surface area contributed by atoms with Crippen molar-refractivity contribution in [2.24, 2.45) is 0 Å². The summed E-state index contributed by atoms with van der Waals surface area (Å²) in [5.41, 5.74) is 0.829. The summed E-state index contributed by atoms with van der Waals surface area (Å²) in [6.45, 7) is 1.70. The van der Waals surface area contributed by atoms with Gasteiger partial charge >= 0.3 is 5.97 Å². The SMILES string of the molecule is Cc1nc(CC(=O)O)c2ccc(=O)[nH]n12. The number of nitrogens with one attached hydrogen (secondary N) is 1. The lowest BCUT2D eigenvalue weighted by molar-refractivity contribution is -0.136. The van der Waals surface area contributed by atoms with E-state index >= 15 is 0 Å². The van der Waals surface area contributed by atoms with Gasteiger partial charge in [-0.25, -0.2) is 9.50 Å². The molecule has 2 rings (SSSR count). The van der Waals surface area contributed by atoms with Gasteiger partial charge in [0.1, 0.15) is 5.82 Å². The van der Waals surface area contributed by atoms with Crippen molar-refractivity contribution in [3.05, 3.63) is 34.0 Å². The number of aryl methyl sites for hydroxylation is 1. The zero-order chi connectivity index (χ0) is 11.0. The van der Waals surface area contributed by atoms with Crippen molar-refractivity contribution in [3.63, 3.8) is 0 Å². The fourth-order valence-electron chi connectivity index (χ4n) is 1.49. The van der Waals surface area contributed by atoms with E-state index < -0.39 is 5.97 Å².